The number of hydrogen-bond donors (Lipinski definition) is 1. The number of benzene rings is 2. The van der Waals surface area contributed by atoms with Crippen LogP contribution >= 0.6 is 0 Å². The molecule has 2 heterocycles. The van der Waals surface area contributed by atoms with Crippen molar-refractivity contribution in [3.8, 4) is 0 Å². The number of nitrogens with one attached hydrogen (secondary N) is 1. The van der Waals surface area contributed by atoms with Crippen molar-refractivity contribution in [2.24, 2.45) is 13.0 Å². The summed E-state index contributed by atoms with van der Waals surface area (Å²) in [6.07, 6.45) is 2.42. The summed E-state index contributed by atoms with van der Waals surface area (Å²) in [7, 11) is 1.91. The van der Waals surface area contributed by atoms with Gasteiger partial charge < -0.3 is 14.8 Å². The average molecular weight is 510 g/mol. The summed E-state index contributed by atoms with van der Waals surface area (Å²) in [6.45, 7) is 2.29. The molecule has 37 heavy (non-hydrogen) atoms. The van der Waals surface area contributed by atoms with Crippen LogP contribution in [0.15, 0.2) is 42.7 Å². The van der Waals surface area contributed by atoms with Gasteiger partial charge >= 0.3 is 6.18 Å². The SMILES string of the molecule is Cn1cnnc1[C@@H](c1cccc(N2Cc3c(cc(CNC4(C)CCC4)cc3C(F)(F)F)C2=O)c1)C1CC1. The van der Waals surface area contributed by atoms with Crippen LogP contribution in [0.3, 0.4) is 0 Å². The molecular formula is C28H30F3N5O. The van der Waals surface area contributed by atoms with Crippen LogP contribution in [-0.4, -0.2) is 26.2 Å². The second-order valence-corrected chi connectivity index (χ2v) is 11.0. The number of amides is 1. The molecule has 1 amide bonds. The Morgan fingerprint density at radius 3 is 2.59 bits per heavy atom. The van der Waals surface area contributed by atoms with Gasteiger partial charge in [-0.15, -0.1) is 10.2 Å². The van der Waals surface area contributed by atoms with Crippen molar-refractivity contribution in [1.82, 2.24) is 20.1 Å². The molecule has 3 aromatic rings. The van der Waals surface area contributed by atoms with Crippen molar-refractivity contribution in [3.05, 3.63) is 76.4 Å². The van der Waals surface area contributed by atoms with Gasteiger partial charge in [0, 0.05) is 36.3 Å². The van der Waals surface area contributed by atoms with E-state index in [0.717, 1.165) is 43.5 Å². The molecule has 0 bridgehead atoms. The first kappa shape index (κ1) is 24.2. The number of fused-ring (bicyclic) bond motifs is 1. The summed E-state index contributed by atoms with van der Waals surface area (Å²) in [4.78, 5) is 15.0. The summed E-state index contributed by atoms with van der Waals surface area (Å²) in [5.41, 5.74) is 1.50. The molecule has 194 valence electrons. The molecule has 0 radical (unpaired) electrons. The van der Waals surface area contributed by atoms with Gasteiger partial charge in [0.15, 0.2) is 0 Å². The molecule has 0 spiro atoms. The zero-order valence-electron chi connectivity index (χ0n) is 21.0. The minimum absolute atomic E-state index is 0.0313. The number of carbonyl (C=O) groups excluding carboxylic acids is 1. The van der Waals surface area contributed by atoms with Gasteiger partial charge in [0.25, 0.3) is 5.91 Å². The third-order valence-electron chi connectivity index (χ3n) is 8.24. The number of nitrogens with zero attached hydrogens (tertiary/aromatic N) is 4. The Hall–Kier alpha value is -3.20. The zero-order chi connectivity index (χ0) is 25.9. The standard InChI is InChI=1S/C28H30F3N5O/c1-27(9-4-10-27)32-14-17-11-21-22(23(12-17)28(29,30)31)15-36(26(21)37)20-6-3-5-19(13-20)24(18-7-8-18)25-34-33-16-35(25)2/h3,5-6,11-13,16,18,24,32H,4,7-10,14-15H2,1-2H3/t24-/m1/s1. The number of anilines is 1. The lowest BCUT2D eigenvalue weighted by Gasteiger charge is -2.39. The normalized spacial score (nSPS) is 19.6. The van der Waals surface area contributed by atoms with E-state index in [4.69, 9.17) is 0 Å². The third-order valence-corrected chi connectivity index (χ3v) is 8.24. The van der Waals surface area contributed by atoms with E-state index in [0.29, 0.717) is 23.7 Å². The highest BCUT2D eigenvalue weighted by molar-refractivity contribution is 6.10. The maximum absolute atomic E-state index is 14.1. The van der Waals surface area contributed by atoms with E-state index in [9.17, 15) is 18.0 Å². The van der Waals surface area contributed by atoms with Crippen molar-refractivity contribution in [2.75, 3.05) is 4.90 Å². The maximum Gasteiger partial charge on any atom is 0.416 e. The first-order valence-corrected chi connectivity index (χ1v) is 12.9. The number of aryl methyl sites for hydroxylation is 1. The molecule has 1 aliphatic heterocycles. The van der Waals surface area contributed by atoms with Gasteiger partial charge in [-0.05, 0) is 85.9 Å². The molecule has 3 aliphatic rings. The summed E-state index contributed by atoms with van der Waals surface area (Å²) >= 11 is 0. The first-order valence-electron chi connectivity index (χ1n) is 12.9. The Labute approximate surface area is 213 Å². The molecule has 2 saturated carbocycles. The number of halogens is 3. The molecule has 9 heteroatoms. The van der Waals surface area contributed by atoms with E-state index < -0.39 is 17.6 Å². The van der Waals surface area contributed by atoms with Gasteiger partial charge in [0.05, 0.1) is 12.1 Å². The van der Waals surface area contributed by atoms with E-state index in [-0.39, 0.29) is 29.1 Å². The molecule has 0 unspecified atom stereocenters. The largest absolute Gasteiger partial charge is 0.416 e. The van der Waals surface area contributed by atoms with Crippen LogP contribution in [0.5, 0.6) is 0 Å². The first-order chi connectivity index (χ1) is 17.6. The van der Waals surface area contributed by atoms with Crippen molar-refractivity contribution in [1.29, 1.82) is 0 Å². The fourth-order valence-corrected chi connectivity index (χ4v) is 5.75. The summed E-state index contributed by atoms with van der Waals surface area (Å²) < 4.78 is 44.3. The Bertz CT molecular complexity index is 1360. The van der Waals surface area contributed by atoms with Gasteiger partial charge in [-0.3, -0.25) is 4.79 Å². The molecule has 2 aliphatic carbocycles. The average Bonchev–Trinajstić information content (AvgIpc) is 3.51. The monoisotopic (exact) mass is 509 g/mol. The van der Waals surface area contributed by atoms with Gasteiger partial charge in [-0.1, -0.05) is 12.1 Å². The molecule has 2 fully saturated rings. The number of alkyl halides is 3. The number of carbonyl (C=O) groups is 1. The number of rotatable bonds is 7. The molecule has 6 nitrogen and oxygen atoms in total. The van der Waals surface area contributed by atoms with Crippen LogP contribution in [0.2, 0.25) is 0 Å². The van der Waals surface area contributed by atoms with E-state index in [1.165, 1.54) is 11.0 Å². The van der Waals surface area contributed by atoms with Crippen molar-refractivity contribution in [3.63, 3.8) is 0 Å². The predicted molar refractivity (Wildman–Crippen MR) is 133 cm³/mol. The third kappa shape index (κ3) is 4.43. The minimum Gasteiger partial charge on any atom is -0.320 e. The van der Waals surface area contributed by atoms with E-state index in [1.54, 1.807) is 18.5 Å². The van der Waals surface area contributed by atoms with E-state index >= 15 is 0 Å². The number of hydrogen-bond acceptors (Lipinski definition) is 4. The summed E-state index contributed by atoms with van der Waals surface area (Å²) in [5.74, 6) is 0.932. The van der Waals surface area contributed by atoms with Crippen molar-refractivity contribution in [2.45, 2.75) is 69.8 Å². The molecule has 1 atom stereocenters. The van der Waals surface area contributed by atoms with Crippen LogP contribution in [-0.2, 0) is 26.3 Å². The molecule has 6 rings (SSSR count). The fourth-order valence-electron chi connectivity index (χ4n) is 5.75. The van der Waals surface area contributed by atoms with E-state index in [2.05, 4.69) is 22.4 Å². The number of aromatic nitrogens is 3. The second kappa shape index (κ2) is 8.68. The highest BCUT2D eigenvalue weighted by atomic mass is 19.4. The lowest BCUT2D eigenvalue weighted by molar-refractivity contribution is -0.138. The van der Waals surface area contributed by atoms with Gasteiger partial charge in [-0.25, -0.2) is 0 Å². The predicted octanol–water partition coefficient (Wildman–Crippen LogP) is 5.57. The maximum atomic E-state index is 14.1. The summed E-state index contributed by atoms with van der Waals surface area (Å²) in [6, 6.07) is 10.4. The van der Waals surface area contributed by atoms with E-state index in [1.807, 2.05) is 29.8 Å². The Morgan fingerprint density at radius 2 is 1.97 bits per heavy atom. The van der Waals surface area contributed by atoms with Crippen LogP contribution < -0.4 is 10.2 Å². The van der Waals surface area contributed by atoms with Crippen LogP contribution in [0.25, 0.3) is 0 Å². The van der Waals surface area contributed by atoms with Gasteiger partial charge in [-0.2, -0.15) is 13.2 Å². The van der Waals surface area contributed by atoms with Crippen LogP contribution in [0.1, 0.15) is 83.4 Å². The van der Waals surface area contributed by atoms with Gasteiger partial charge in [0.2, 0.25) is 0 Å². The highest BCUT2D eigenvalue weighted by Gasteiger charge is 2.41. The summed E-state index contributed by atoms with van der Waals surface area (Å²) in [5, 5.41) is 11.7. The molecule has 1 N–H and O–H groups in total. The highest BCUT2D eigenvalue weighted by Crippen LogP contribution is 2.47. The zero-order valence-corrected chi connectivity index (χ0v) is 21.0. The second-order valence-electron chi connectivity index (χ2n) is 11.0. The molecule has 0 saturated heterocycles. The minimum atomic E-state index is -4.54. The van der Waals surface area contributed by atoms with Gasteiger partial charge in [0.1, 0.15) is 12.2 Å². The Morgan fingerprint density at radius 1 is 1.19 bits per heavy atom. The Balaban J connectivity index is 1.33. The topological polar surface area (TPSA) is 63.1 Å². The Kier molecular flexibility index (Phi) is 5.67. The van der Waals surface area contributed by atoms with Crippen molar-refractivity contribution < 1.29 is 18.0 Å². The molecule has 2 aromatic carbocycles. The van der Waals surface area contributed by atoms with Crippen LogP contribution in [0, 0.1) is 5.92 Å². The quantitative estimate of drug-likeness (QED) is 0.453. The fraction of sp³-hybridized carbons (Fsp3) is 0.464. The molecule has 1 aromatic heterocycles. The molecular weight excluding hydrogens is 479 g/mol. The smallest absolute Gasteiger partial charge is 0.320 e. The van der Waals surface area contributed by atoms with Crippen molar-refractivity contribution >= 4 is 11.6 Å². The van der Waals surface area contributed by atoms with Crippen LogP contribution in [0.4, 0.5) is 18.9 Å². The lowest BCUT2D eigenvalue weighted by Crippen LogP contribution is -2.47. The lowest BCUT2D eigenvalue weighted by atomic mass is 9.78.